The van der Waals surface area contributed by atoms with E-state index in [1.54, 1.807) is 6.07 Å². The molecule has 1 unspecified atom stereocenters. The zero-order chi connectivity index (χ0) is 24.0. The largest absolute Gasteiger partial charge is 0.491 e. The number of rotatable bonds is 8. The first-order valence-electron chi connectivity index (χ1n) is 11.9. The number of hydrogen-bond acceptors (Lipinski definition) is 4. The van der Waals surface area contributed by atoms with Crippen molar-refractivity contribution in [3.8, 4) is 11.8 Å². The predicted molar refractivity (Wildman–Crippen MR) is 131 cm³/mol. The van der Waals surface area contributed by atoms with Crippen molar-refractivity contribution < 1.29 is 14.2 Å². The lowest BCUT2D eigenvalue weighted by atomic mass is 9.72. The van der Waals surface area contributed by atoms with Crippen molar-refractivity contribution in [1.29, 1.82) is 5.26 Å². The van der Waals surface area contributed by atoms with Crippen LogP contribution >= 0.6 is 0 Å². The monoisotopic (exact) mass is 458 g/mol. The summed E-state index contributed by atoms with van der Waals surface area (Å²) in [4.78, 5) is 2.40. The Morgan fingerprint density at radius 3 is 2.18 bits per heavy atom. The van der Waals surface area contributed by atoms with Crippen LogP contribution in [-0.2, 0) is 5.60 Å². The molecule has 0 aromatic heterocycles. The van der Waals surface area contributed by atoms with Crippen molar-refractivity contribution >= 4 is 0 Å². The van der Waals surface area contributed by atoms with Crippen LogP contribution in [0.15, 0.2) is 78.9 Å². The molecule has 1 atom stereocenters. The van der Waals surface area contributed by atoms with Gasteiger partial charge in [0.2, 0.25) is 0 Å². The Morgan fingerprint density at radius 1 is 1.03 bits per heavy atom. The van der Waals surface area contributed by atoms with Gasteiger partial charge < -0.3 is 14.7 Å². The van der Waals surface area contributed by atoms with E-state index in [-0.39, 0.29) is 17.6 Å². The van der Waals surface area contributed by atoms with E-state index in [0.29, 0.717) is 5.75 Å². The van der Waals surface area contributed by atoms with Crippen molar-refractivity contribution in [3.63, 3.8) is 0 Å². The second kappa shape index (κ2) is 10.8. The molecule has 3 aromatic carbocycles. The number of aliphatic hydroxyl groups is 1. The molecule has 0 radical (unpaired) electrons. The summed E-state index contributed by atoms with van der Waals surface area (Å²) in [7, 11) is 0. The van der Waals surface area contributed by atoms with E-state index in [0.717, 1.165) is 50.0 Å². The molecule has 1 N–H and O–H groups in total. The third-order valence-electron chi connectivity index (χ3n) is 6.80. The van der Waals surface area contributed by atoms with E-state index < -0.39 is 11.4 Å². The Labute approximate surface area is 201 Å². The van der Waals surface area contributed by atoms with Crippen molar-refractivity contribution in [1.82, 2.24) is 4.90 Å². The van der Waals surface area contributed by atoms with E-state index in [1.807, 2.05) is 73.7 Å². The molecule has 4 rings (SSSR count). The molecule has 0 amide bonds. The van der Waals surface area contributed by atoms with E-state index in [1.165, 1.54) is 12.1 Å². The van der Waals surface area contributed by atoms with Gasteiger partial charge >= 0.3 is 0 Å². The number of nitrogens with zero attached hydrogens (tertiary/aromatic N) is 2. The van der Waals surface area contributed by atoms with Gasteiger partial charge in [0.15, 0.2) is 0 Å². The molecule has 0 aliphatic carbocycles. The molecule has 1 heterocycles. The van der Waals surface area contributed by atoms with Gasteiger partial charge in [0.05, 0.1) is 17.7 Å². The minimum absolute atomic E-state index is 0.100. The zero-order valence-electron chi connectivity index (χ0n) is 19.5. The van der Waals surface area contributed by atoms with Gasteiger partial charge in [-0.05, 0) is 68.5 Å². The van der Waals surface area contributed by atoms with Gasteiger partial charge in [0.1, 0.15) is 17.2 Å². The predicted octanol–water partition coefficient (Wildman–Crippen LogP) is 5.50. The van der Waals surface area contributed by atoms with Gasteiger partial charge in [-0.2, -0.15) is 5.26 Å². The van der Waals surface area contributed by atoms with Crippen molar-refractivity contribution in [3.05, 3.63) is 101 Å². The van der Waals surface area contributed by atoms with Crippen LogP contribution in [0.5, 0.6) is 5.75 Å². The summed E-state index contributed by atoms with van der Waals surface area (Å²) in [6.07, 6.45) is 2.48. The molecule has 1 aliphatic heterocycles. The normalized spacial score (nSPS) is 16.1. The maximum atomic E-state index is 13.7. The zero-order valence-corrected chi connectivity index (χ0v) is 19.5. The van der Waals surface area contributed by atoms with E-state index in [9.17, 15) is 9.50 Å². The molecular formula is C29H31FN2O2. The molecule has 1 fully saturated rings. The van der Waals surface area contributed by atoms with E-state index in [2.05, 4.69) is 4.90 Å². The second-order valence-corrected chi connectivity index (χ2v) is 9.12. The Kier molecular flexibility index (Phi) is 7.62. The molecule has 0 bridgehead atoms. The Morgan fingerprint density at radius 2 is 1.62 bits per heavy atom. The van der Waals surface area contributed by atoms with E-state index in [4.69, 9.17) is 10.00 Å². The van der Waals surface area contributed by atoms with Crippen LogP contribution in [0.3, 0.4) is 0 Å². The van der Waals surface area contributed by atoms with Crippen molar-refractivity contribution in [2.75, 3.05) is 19.6 Å². The summed E-state index contributed by atoms with van der Waals surface area (Å²) in [6.45, 7) is 4.63. The smallest absolute Gasteiger partial charge is 0.128 e. The second-order valence-electron chi connectivity index (χ2n) is 9.12. The van der Waals surface area contributed by atoms with Crippen LogP contribution in [0.25, 0.3) is 0 Å². The lowest BCUT2D eigenvalue weighted by Gasteiger charge is -2.42. The fraction of sp³-hybridized carbons (Fsp3) is 0.345. The van der Waals surface area contributed by atoms with Crippen LogP contribution in [0, 0.1) is 23.1 Å². The molecule has 3 aromatic rings. The Balaban J connectivity index is 1.36. The quantitative estimate of drug-likeness (QED) is 0.484. The first-order chi connectivity index (χ1) is 16.5. The summed E-state index contributed by atoms with van der Waals surface area (Å²) in [5, 5.41) is 21.0. The van der Waals surface area contributed by atoms with Crippen LogP contribution < -0.4 is 4.74 Å². The van der Waals surface area contributed by atoms with Crippen molar-refractivity contribution in [2.45, 2.75) is 37.9 Å². The molecule has 0 spiro atoms. The van der Waals surface area contributed by atoms with Crippen molar-refractivity contribution in [2.24, 2.45) is 5.92 Å². The third-order valence-corrected chi connectivity index (χ3v) is 6.80. The highest BCUT2D eigenvalue weighted by molar-refractivity contribution is 5.38. The number of nitriles is 1. The van der Waals surface area contributed by atoms with Gasteiger partial charge in [0, 0.05) is 12.6 Å². The Bertz CT molecular complexity index is 1070. The average molecular weight is 459 g/mol. The first kappa shape index (κ1) is 23.9. The molecule has 5 heteroatoms. The number of hydrogen-bond donors (Lipinski definition) is 1. The average Bonchev–Trinajstić information content (AvgIpc) is 2.88. The molecule has 0 saturated carbocycles. The lowest BCUT2D eigenvalue weighted by Crippen LogP contribution is -2.44. The molecule has 176 valence electrons. The first-order valence-corrected chi connectivity index (χ1v) is 11.9. The number of halogens is 1. The van der Waals surface area contributed by atoms with E-state index >= 15 is 0 Å². The fourth-order valence-corrected chi connectivity index (χ4v) is 4.95. The topological polar surface area (TPSA) is 56.5 Å². The van der Waals surface area contributed by atoms with Crippen LogP contribution in [0.1, 0.15) is 42.9 Å². The molecular weight excluding hydrogens is 427 g/mol. The van der Waals surface area contributed by atoms with Crippen LogP contribution in [-0.4, -0.2) is 35.7 Å². The summed E-state index contributed by atoms with van der Waals surface area (Å²) >= 11 is 0. The summed E-state index contributed by atoms with van der Waals surface area (Å²) < 4.78 is 19.5. The third kappa shape index (κ3) is 5.47. The minimum Gasteiger partial charge on any atom is -0.491 e. The fourth-order valence-electron chi connectivity index (χ4n) is 4.95. The summed E-state index contributed by atoms with van der Waals surface area (Å²) in [5.74, 6) is 0.0464. The SMILES string of the molecule is CC(CCN1CCC(C(O)(c2ccccc2)c2ccccc2)CC1)Oc1cc(F)cc(C#N)c1. The molecule has 1 aliphatic rings. The van der Waals surface area contributed by atoms with Gasteiger partial charge in [-0.15, -0.1) is 0 Å². The van der Waals surface area contributed by atoms with Gasteiger partial charge in [0.25, 0.3) is 0 Å². The number of likely N-dealkylation sites (tertiary alicyclic amines) is 1. The highest BCUT2D eigenvalue weighted by Gasteiger charge is 2.41. The highest BCUT2D eigenvalue weighted by atomic mass is 19.1. The standard InChI is InChI=1S/C29H31FN2O2/c1-22(34-28-19-23(21-31)18-27(30)20-28)12-15-32-16-13-26(14-17-32)29(33,24-8-4-2-5-9-24)25-10-6-3-7-11-25/h2-11,18-20,22,26,33H,12-17H2,1H3. The number of benzene rings is 3. The summed E-state index contributed by atoms with van der Waals surface area (Å²) in [6, 6.07) is 26.0. The highest BCUT2D eigenvalue weighted by Crippen LogP contribution is 2.41. The van der Waals surface area contributed by atoms with Gasteiger partial charge in [-0.3, -0.25) is 0 Å². The maximum Gasteiger partial charge on any atom is 0.128 e. The van der Waals surface area contributed by atoms with Gasteiger partial charge in [-0.1, -0.05) is 60.7 Å². The minimum atomic E-state index is -1.01. The number of piperidine rings is 1. The van der Waals surface area contributed by atoms with Gasteiger partial charge in [-0.25, -0.2) is 4.39 Å². The maximum absolute atomic E-state index is 13.7. The lowest BCUT2D eigenvalue weighted by molar-refractivity contribution is -0.0152. The summed E-state index contributed by atoms with van der Waals surface area (Å²) in [5.41, 5.74) is 1.12. The number of ether oxygens (including phenoxy) is 1. The van der Waals surface area contributed by atoms with Crippen LogP contribution in [0.4, 0.5) is 4.39 Å². The molecule has 4 nitrogen and oxygen atoms in total. The molecule has 34 heavy (non-hydrogen) atoms. The van der Waals surface area contributed by atoms with Crippen LogP contribution in [0.2, 0.25) is 0 Å². The Hall–Kier alpha value is -3.20. The molecule has 1 saturated heterocycles.